The molecule has 1 amide bonds. The third-order valence-electron chi connectivity index (χ3n) is 9.65. The molecule has 1 aliphatic rings. The van der Waals surface area contributed by atoms with Crippen LogP contribution >= 0.6 is 11.6 Å². The van der Waals surface area contributed by atoms with Gasteiger partial charge < -0.3 is 19.1 Å². The van der Waals surface area contributed by atoms with Gasteiger partial charge in [-0.3, -0.25) is 9.69 Å². The fourth-order valence-electron chi connectivity index (χ4n) is 6.34. The van der Waals surface area contributed by atoms with E-state index in [0.29, 0.717) is 54.6 Å². The Morgan fingerprint density at radius 2 is 1.50 bits per heavy atom. The minimum absolute atomic E-state index is 0.00135. The summed E-state index contributed by atoms with van der Waals surface area (Å²) in [5.41, 5.74) is 7.91. The zero-order chi connectivity index (χ0) is 37.9. The van der Waals surface area contributed by atoms with Crippen LogP contribution in [0.25, 0.3) is 6.08 Å². The highest BCUT2D eigenvalue weighted by atomic mass is 35.5. The van der Waals surface area contributed by atoms with Gasteiger partial charge in [0.2, 0.25) is 11.8 Å². The molecule has 1 fully saturated rings. The van der Waals surface area contributed by atoms with E-state index >= 15 is 0 Å². The first-order valence-corrected chi connectivity index (χ1v) is 19.2. The van der Waals surface area contributed by atoms with Crippen molar-refractivity contribution in [2.75, 3.05) is 32.8 Å². The minimum Gasteiger partial charge on any atom is -0.494 e. The first kappa shape index (κ1) is 38.6. The maximum absolute atomic E-state index is 13.1. The Bertz CT molecular complexity index is 1960. The summed E-state index contributed by atoms with van der Waals surface area (Å²) in [6, 6.07) is 32.9. The lowest BCUT2D eigenvalue weighted by molar-refractivity contribution is -0.127. The Morgan fingerprint density at radius 3 is 2.17 bits per heavy atom. The summed E-state index contributed by atoms with van der Waals surface area (Å²) >= 11 is 6.64. The van der Waals surface area contributed by atoms with Gasteiger partial charge in [0, 0.05) is 44.9 Å². The zero-order valence-electron chi connectivity index (χ0n) is 31.8. The Balaban J connectivity index is 0.907. The number of nitrogens with zero attached hydrogens (tertiary/aromatic N) is 3. The quantitative estimate of drug-likeness (QED) is 0.0786. The molecule has 1 saturated heterocycles. The summed E-state index contributed by atoms with van der Waals surface area (Å²) in [4.78, 5) is 21.8. The maximum Gasteiger partial charge on any atom is 0.246 e. The molecular formula is C46H50ClN3O4. The number of aryl methyl sites for hydroxylation is 3. The molecule has 280 valence electrons. The summed E-state index contributed by atoms with van der Waals surface area (Å²) < 4.78 is 17.8. The van der Waals surface area contributed by atoms with E-state index in [1.54, 1.807) is 24.4 Å². The van der Waals surface area contributed by atoms with E-state index in [1.165, 1.54) is 22.3 Å². The number of rotatable bonds is 15. The van der Waals surface area contributed by atoms with E-state index in [-0.39, 0.29) is 5.91 Å². The third kappa shape index (κ3) is 11.2. The number of benzene rings is 4. The van der Waals surface area contributed by atoms with Crippen LogP contribution in [0.15, 0.2) is 109 Å². The number of amides is 1. The summed E-state index contributed by atoms with van der Waals surface area (Å²) in [7, 11) is 0. The van der Waals surface area contributed by atoms with Crippen molar-refractivity contribution in [1.82, 2.24) is 14.8 Å². The van der Waals surface area contributed by atoms with Crippen LogP contribution in [-0.4, -0.2) is 53.5 Å². The van der Waals surface area contributed by atoms with Crippen LogP contribution in [-0.2, 0) is 24.4 Å². The predicted molar refractivity (Wildman–Crippen MR) is 218 cm³/mol. The van der Waals surface area contributed by atoms with Gasteiger partial charge in [0.1, 0.15) is 18.1 Å². The molecule has 1 aromatic heterocycles. The summed E-state index contributed by atoms with van der Waals surface area (Å²) in [6.45, 7) is 13.5. The van der Waals surface area contributed by atoms with E-state index < -0.39 is 0 Å². The largest absolute Gasteiger partial charge is 0.494 e. The van der Waals surface area contributed by atoms with Crippen molar-refractivity contribution in [2.45, 2.75) is 59.6 Å². The Labute approximate surface area is 325 Å². The number of carbonyl (C=O) groups excluding carboxylic acids is 1. The second kappa shape index (κ2) is 18.8. The lowest BCUT2D eigenvalue weighted by Gasteiger charge is -2.34. The summed E-state index contributed by atoms with van der Waals surface area (Å²) in [5, 5.41) is 0.447. The van der Waals surface area contributed by atoms with Gasteiger partial charge in [-0.2, -0.15) is 0 Å². The van der Waals surface area contributed by atoms with Crippen LogP contribution in [0.3, 0.4) is 0 Å². The van der Waals surface area contributed by atoms with Crippen LogP contribution in [0.1, 0.15) is 65.1 Å². The van der Waals surface area contributed by atoms with Gasteiger partial charge in [0.15, 0.2) is 5.75 Å². The third-order valence-corrected chi connectivity index (χ3v) is 9.93. The fourth-order valence-corrected chi connectivity index (χ4v) is 6.65. The number of hydrogen-bond donors (Lipinski definition) is 0. The fraction of sp³-hybridized carbons (Fsp3) is 0.304. The summed E-state index contributed by atoms with van der Waals surface area (Å²) in [6.07, 6.45) is 7.04. The highest BCUT2D eigenvalue weighted by Gasteiger charge is 2.20. The predicted octanol–water partition coefficient (Wildman–Crippen LogP) is 10.2. The van der Waals surface area contributed by atoms with Crippen LogP contribution in [0.4, 0.5) is 0 Å². The van der Waals surface area contributed by atoms with Crippen LogP contribution < -0.4 is 14.2 Å². The molecule has 0 unspecified atom stereocenters. The van der Waals surface area contributed by atoms with Gasteiger partial charge >= 0.3 is 0 Å². The maximum atomic E-state index is 13.1. The van der Waals surface area contributed by atoms with E-state index in [4.69, 9.17) is 25.8 Å². The topological polar surface area (TPSA) is 64.1 Å². The smallest absolute Gasteiger partial charge is 0.246 e. The first-order valence-electron chi connectivity index (χ1n) is 18.8. The molecule has 1 aliphatic heterocycles. The number of carbonyl (C=O) groups is 1. The average Bonchev–Trinajstić information content (AvgIpc) is 3.18. The molecular weight excluding hydrogens is 694 g/mol. The second-order valence-corrected chi connectivity index (χ2v) is 14.7. The molecule has 5 aromatic rings. The van der Waals surface area contributed by atoms with Gasteiger partial charge in [0.05, 0.1) is 17.8 Å². The molecule has 6 rings (SSSR count). The number of pyridine rings is 1. The monoisotopic (exact) mass is 743 g/mol. The lowest BCUT2D eigenvalue weighted by atomic mass is 10.0. The Hall–Kier alpha value is -5.11. The molecule has 7 nitrogen and oxygen atoms in total. The number of aromatic nitrogens is 1. The van der Waals surface area contributed by atoms with Crippen molar-refractivity contribution >= 4 is 23.6 Å². The molecule has 0 N–H and O–H groups in total. The van der Waals surface area contributed by atoms with Gasteiger partial charge in [-0.15, -0.1) is 0 Å². The minimum atomic E-state index is -0.00135. The number of ether oxygens (including phenoxy) is 3. The number of halogens is 1. The van der Waals surface area contributed by atoms with Crippen LogP contribution in [0, 0.1) is 13.8 Å². The highest BCUT2D eigenvalue weighted by Crippen LogP contribution is 2.34. The number of piperazine rings is 1. The first-order chi connectivity index (χ1) is 26.2. The van der Waals surface area contributed by atoms with E-state index in [2.05, 4.69) is 103 Å². The average molecular weight is 744 g/mol. The summed E-state index contributed by atoms with van der Waals surface area (Å²) in [5.74, 6) is 3.05. The van der Waals surface area contributed by atoms with Gasteiger partial charge in [-0.05, 0) is 102 Å². The van der Waals surface area contributed by atoms with Crippen LogP contribution in [0.5, 0.6) is 23.1 Å². The molecule has 2 heterocycles. The Morgan fingerprint density at radius 1 is 0.815 bits per heavy atom. The molecule has 8 heteroatoms. The number of hydrogen-bond acceptors (Lipinski definition) is 6. The standard InChI is InChI=1S/C46H50ClN3O4/c1-33(2)40-16-18-41(19-17-40)52-27-5-6-36-11-13-37(14-12-36)31-49-23-25-50(26-24-49)45(51)22-15-39-28-35(4)46(43(47)29-39)54-44-21-20-42(30-48-44)53-32-38-9-7-34(3)8-10-38/h7-22,28-30,33H,5-6,23-27,31-32H2,1-4H3. The second-order valence-electron chi connectivity index (χ2n) is 14.3. The van der Waals surface area contributed by atoms with E-state index in [9.17, 15) is 4.79 Å². The normalized spacial score (nSPS) is 13.4. The molecule has 0 saturated carbocycles. The molecule has 0 aliphatic carbocycles. The van der Waals surface area contributed by atoms with E-state index in [0.717, 1.165) is 54.9 Å². The zero-order valence-corrected chi connectivity index (χ0v) is 32.5. The SMILES string of the molecule is Cc1ccc(COc2ccc(Oc3c(C)cc(C=CC(=O)N4CCN(Cc5ccc(CCCOc6ccc(C(C)C)cc6)cc5)CC4)cc3Cl)nc2)cc1. The highest BCUT2D eigenvalue weighted by molar-refractivity contribution is 6.32. The Kier molecular flexibility index (Phi) is 13.4. The molecule has 54 heavy (non-hydrogen) atoms. The molecule has 4 aromatic carbocycles. The van der Waals surface area contributed by atoms with Crippen molar-refractivity contribution in [3.05, 3.63) is 153 Å². The van der Waals surface area contributed by atoms with Crippen molar-refractivity contribution in [2.24, 2.45) is 0 Å². The van der Waals surface area contributed by atoms with Gasteiger partial charge in [-0.1, -0.05) is 91.7 Å². The molecule has 0 spiro atoms. The molecule has 0 atom stereocenters. The molecule has 0 radical (unpaired) electrons. The van der Waals surface area contributed by atoms with E-state index in [1.807, 2.05) is 30.0 Å². The molecule has 0 bridgehead atoms. The van der Waals surface area contributed by atoms with Gasteiger partial charge in [-0.25, -0.2) is 4.98 Å². The van der Waals surface area contributed by atoms with Crippen molar-refractivity contribution in [1.29, 1.82) is 0 Å². The van der Waals surface area contributed by atoms with Crippen molar-refractivity contribution < 1.29 is 19.0 Å². The van der Waals surface area contributed by atoms with Crippen molar-refractivity contribution in [3.8, 4) is 23.1 Å². The lowest BCUT2D eigenvalue weighted by Crippen LogP contribution is -2.47. The van der Waals surface area contributed by atoms with Crippen molar-refractivity contribution in [3.63, 3.8) is 0 Å². The van der Waals surface area contributed by atoms with Crippen LogP contribution in [0.2, 0.25) is 5.02 Å². The van der Waals surface area contributed by atoms with Gasteiger partial charge in [0.25, 0.3) is 0 Å².